The molecule has 0 aliphatic heterocycles. The van der Waals surface area contributed by atoms with Gasteiger partial charge >= 0.3 is 5.97 Å². The van der Waals surface area contributed by atoms with Crippen LogP contribution in [0.5, 0.6) is 11.6 Å². The van der Waals surface area contributed by atoms with Gasteiger partial charge < -0.3 is 9.47 Å². The molecule has 2 aromatic rings. The third-order valence-corrected chi connectivity index (χ3v) is 2.81. The summed E-state index contributed by atoms with van der Waals surface area (Å²) < 4.78 is 48.6. The number of ether oxygens (including phenoxy) is 2. The number of alkyl halides is 2. The summed E-state index contributed by atoms with van der Waals surface area (Å²) in [7, 11) is 1.16. The SMILES string of the molecule is COC(=O)c1c(C)ncnc1Oc1ccc(C(F)F)cc1F. The number of halogens is 3. The molecule has 0 aliphatic rings. The van der Waals surface area contributed by atoms with E-state index < -0.39 is 23.8 Å². The molecule has 1 aromatic heterocycles. The molecule has 2 rings (SSSR count). The third kappa shape index (κ3) is 3.16. The quantitative estimate of drug-likeness (QED) is 0.809. The van der Waals surface area contributed by atoms with E-state index in [-0.39, 0.29) is 22.9 Å². The summed E-state index contributed by atoms with van der Waals surface area (Å²) in [6, 6.07) is 2.72. The fraction of sp³-hybridized carbons (Fsp3) is 0.214. The Morgan fingerprint density at radius 2 is 2.00 bits per heavy atom. The van der Waals surface area contributed by atoms with Crippen molar-refractivity contribution in [3.05, 3.63) is 47.2 Å². The Morgan fingerprint density at radius 1 is 1.27 bits per heavy atom. The van der Waals surface area contributed by atoms with Crippen molar-refractivity contribution in [1.82, 2.24) is 9.97 Å². The molecule has 8 heteroatoms. The average Bonchev–Trinajstić information content (AvgIpc) is 2.48. The van der Waals surface area contributed by atoms with Crippen molar-refractivity contribution in [2.24, 2.45) is 0 Å². The molecular formula is C14H11F3N2O3. The molecule has 0 unspecified atom stereocenters. The summed E-state index contributed by atoms with van der Waals surface area (Å²) in [4.78, 5) is 19.3. The zero-order chi connectivity index (χ0) is 16.3. The highest BCUT2D eigenvalue weighted by molar-refractivity contribution is 5.92. The first kappa shape index (κ1) is 15.7. The van der Waals surface area contributed by atoms with Crippen molar-refractivity contribution in [2.45, 2.75) is 13.3 Å². The number of esters is 1. The van der Waals surface area contributed by atoms with E-state index in [1.165, 1.54) is 6.92 Å². The predicted octanol–water partition coefficient (Wildman–Crippen LogP) is 3.44. The molecule has 22 heavy (non-hydrogen) atoms. The number of hydrogen-bond donors (Lipinski definition) is 0. The van der Waals surface area contributed by atoms with Crippen LogP contribution < -0.4 is 4.74 Å². The number of nitrogens with zero attached hydrogens (tertiary/aromatic N) is 2. The van der Waals surface area contributed by atoms with Crippen LogP contribution in [0, 0.1) is 12.7 Å². The summed E-state index contributed by atoms with van der Waals surface area (Å²) >= 11 is 0. The van der Waals surface area contributed by atoms with Gasteiger partial charge in [-0.15, -0.1) is 0 Å². The summed E-state index contributed by atoms with van der Waals surface area (Å²) in [5.41, 5.74) is -0.263. The Morgan fingerprint density at radius 3 is 2.59 bits per heavy atom. The Bertz CT molecular complexity index is 708. The first-order valence-electron chi connectivity index (χ1n) is 6.09. The molecule has 116 valence electrons. The second-order valence-electron chi connectivity index (χ2n) is 4.22. The fourth-order valence-corrected chi connectivity index (χ4v) is 1.71. The molecule has 0 saturated heterocycles. The van der Waals surface area contributed by atoms with Gasteiger partial charge in [0.2, 0.25) is 5.88 Å². The van der Waals surface area contributed by atoms with E-state index in [2.05, 4.69) is 14.7 Å². The fourth-order valence-electron chi connectivity index (χ4n) is 1.71. The zero-order valence-corrected chi connectivity index (χ0v) is 11.6. The topological polar surface area (TPSA) is 61.3 Å². The van der Waals surface area contributed by atoms with Crippen LogP contribution in [0.2, 0.25) is 0 Å². The number of carbonyl (C=O) groups excluding carboxylic acids is 1. The zero-order valence-electron chi connectivity index (χ0n) is 11.6. The van der Waals surface area contributed by atoms with Crippen molar-refractivity contribution in [2.75, 3.05) is 7.11 Å². The number of hydrogen-bond acceptors (Lipinski definition) is 5. The largest absolute Gasteiger partial charge is 0.465 e. The van der Waals surface area contributed by atoms with E-state index in [9.17, 15) is 18.0 Å². The maximum absolute atomic E-state index is 13.8. The molecular weight excluding hydrogens is 301 g/mol. The summed E-state index contributed by atoms with van der Waals surface area (Å²) in [5, 5.41) is 0. The Balaban J connectivity index is 2.39. The van der Waals surface area contributed by atoms with Gasteiger partial charge in [-0.2, -0.15) is 0 Å². The standard InChI is InChI=1S/C14H11F3N2O3/c1-7-11(14(20)21-2)13(19-6-18-7)22-10-4-3-8(12(16)17)5-9(10)15/h3-6,12H,1-2H3. The lowest BCUT2D eigenvalue weighted by Crippen LogP contribution is -2.09. The molecule has 0 aliphatic carbocycles. The molecule has 0 spiro atoms. The van der Waals surface area contributed by atoms with Gasteiger partial charge in [-0.05, 0) is 25.1 Å². The van der Waals surface area contributed by atoms with Crippen LogP contribution in [0.1, 0.15) is 28.0 Å². The number of carbonyl (C=O) groups is 1. The second kappa shape index (κ2) is 6.42. The lowest BCUT2D eigenvalue weighted by Gasteiger charge is -2.11. The van der Waals surface area contributed by atoms with Gasteiger partial charge in [0.05, 0.1) is 12.8 Å². The lowest BCUT2D eigenvalue weighted by atomic mass is 10.2. The lowest BCUT2D eigenvalue weighted by molar-refractivity contribution is 0.0595. The van der Waals surface area contributed by atoms with Gasteiger partial charge in [-0.3, -0.25) is 0 Å². The summed E-state index contributed by atoms with van der Waals surface area (Å²) in [6.45, 7) is 1.52. The second-order valence-corrected chi connectivity index (χ2v) is 4.22. The van der Waals surface area contributed by atoms with E-state index in [0.29, 0.717) is 6.07 Å². The van der Waals surface area contributed by atoms with Gasteiger partial charge in [0.25, 0.3) is 6.43 Å². The first-order chi connectivity index (χ1) is 10.4. The molecule has 1 aromatic carbocycles. The number of aromatic nitrogens is 2. The number of benzene rings is 1. The van der Waals surface area contributed by atoms with E-state index in [1.54, 1.807) is 0 Å². The minimum Gasteiger partial charge on any atom is -0.465 e. The number of rotatable bonds is 4. The summed E-state index contributed by atoms with van der Waals surface area (Å²) in [5.74, 6) is -2.31. The van der Waals surface area contributed by atoms with E-state index in [4.69, 9.17) is 4.74 Å². The average molecular weight is 312 g/mol. The molecule has 0 radical (unpaired) electrons. The third-order valence-electron chi connectivity index (χ3n) is 2.81. The molecule has 1 heterocycles. The Labute approximate surface area is 123 Å². The molecule has 0 bridgehead atoms. The van der Waals surface area contributed by atoms with Crippen molar-refractivity contribution < 1.29 is 27.4 Å². The number of methoxy groups -OCH3 is 1. The normalized spacial score (nSPS) is 10.6. The van der Waals surface area contributed by atoms with Gasteiger partial charge in [0.15, 0.2) is 11.6 Å². The van der Waals surface area contributed by atoms with Crippen LogP contribution in [0.25, 0.3) is 0 Å². The van der Waals surface area contributed by atoms with E-state index >= 15 is 0 Å². The minimum atomic E-state index is -2.80. The van der Waals surface area contributed by atoms with Gasteiger partial charge in [0.1, 0.15) is 11.9 Å². The highest BCUT2D eigenvalue weighted by Crippen LogP contribution is 2.29. The van der Waals surface area contributed by atoms with Crippen LogP contribution in [0.3, 0.4) is 0 Å². The van der Waals surface area contributed by atoms with Gasteiger partial charge in [0, 0.05) is 5.56 Å². The van der Waals surface area contributed by atoms with Crippen molar-refractivity contribution in [3.63, 3.8) is 0 Å². The Hall–Kier alpha value is -2.64. The van der Waals surface area contributed by atoms with Crippen molar-refractivity contribution >= 4 is 5.97 Å². The highest BCUT2D eigenvalue weighted by atomic mass is 19.3. The molecule has 5 nitrogen and oxygen atoms in total. The number of aryl methyl sites for hydroxylation is 1. The molecule has 0 N–H and O–H groups in total. The van der Waals surface area contributed by atoms with Gasteiger partial charge in [-0.25, -0.2) is 27.9 Å². The first-order valence-corrected chi connectivity index (χ1v) is 6.09. The molecule has 0 atom stereocenters. The molecule has 0 fully saturated rings. The van der Waals surface area contributed by atoms with Crippen LogP contribution in [-0.2, 0) is 4.74 Å². The Kier molecular flexibility index (Phi) is 4.59. The van der Waals surface area contributed by atoms with E-state index in [1.807, 2.05) is 0 Å². The van der Waals surface area contributed by atoms with Crippen molar-refractivity contribution in [1.29, 1.82) is 0 Å². The van der Waals surface area contributed by atoms with Crippen LogP contribution in [-0.4, -0.2) is 23.0 Å². The van der Waals surface area contributed by atoms with Crippen LogP contribution in [0.15, 0.2) is 24.5 Å². The predicted molar refractivity (Wildman–Crippen MR) is 69.5 cm³/mol. The minimum absolute atomic E-state index is 0.0673. The molecule has 0 saturated carbocycles. The highest BCUT2D eigenvalue weighted by Gasteiger charge is 2.21. The van der Waals surface area contributed by atoms with Crippen LogP contribution in [0.4, 0.5) is 13.2 Å². The summed E-state index contributed by atoms with van der Waals surface area (Å²) in [6.07, 6.45) is -1.67. The van der Waals surface area contributed by atoms with Gasteiger partial charge in [-0.1, -0.05) is 0 Å². The maximum atomic E-state index is 13.8. The smallest absolute Gasteiger partial charge is 0.345 e. The van der Waals surface area contributed by atoms with Crippen LogP contribution >= 0.6 is 0 Å². The maximum Gasteiger partial charge on any atom is 0.345 e. The molecule has 0 amide bonds. The monoisotopic (exact) mass is 312 g/mol. The van der Waals surface area contributed by atoms with E-state index in [0.717, 1.165) is 25.6 Å². The van der Waals surface area contributed by atoms with Crippen molar-refractivity contribution in [3.8, 4) is 11.6 Å².